The summed E-state index contributed by atoms with van der Waals surface area (Å²) < 4.78 is 6.31. The number of para-hydroxylation sites is 1. The van der Waals surface area contributed by atoms with E-state index in [0.717, 1.165) is 28.0 Å². The van der Waals surface area contributed by atoms with E-state index in [1.54, 1.807) is 6.07 Å². The number of nitro groups is 1. The Labute approximate surface area is 194 Å². The molecule has 0 spiro atoms. The highest BCUT2D eigenvalue weighted by Gasteiger charge is 2.41. The third kappa shape index (κ3) is 3.31. The van der Waals surface area contributed by atoms with Gasteiger partial charge in [0.2, 0.25) is 6.23 Å². The Morgan fingerprint density at radius 3 is 2.61 bits per heavy atom. The molecule has 0 bridgehead atoms. The van der Waals surface area contributed by atoms with E-state index in [-0.39, 0.29) is 16.8 Å². The minimum atomic E-state index is -0.598. The van der Waals surface area contributed by atoms with Crippen LogP contribution in [0.15, 0.2) is 90.0 Å². The van der Waals surface area contributed by atoms with Gasteiger partial charge in [0, 0.05) is 23.6 Å². The summed E-state index contributed by atoms with van der Waals surface area (Å²) >= 11 is 6.05. The highest BCUT2D eigenvalue weighted by Crippen LogP contribution is 2.48. The number of fused-ring (bicyclic) bond motifs is 4. The maximum Gasteiger partial charge on any atom is 0.288 e. The topological polar surface area (TPSA) is 68.0 Å². The Hall–Kier alpha value is -3.90. The van der Waals surface area contributed by atoms with Crippen LogP contribution in [0.4, 0.5) is 5.69 Å². The van der Waals surface area contributed by atoms with Crippen LogP contribution < -0.4 is 4.74 Å². The second kappa shape index (κ2) is 7.60. The number of hydrogen-bond donors (Lipinski definition) is 0. The van der Waals surface area contributed by atoms with Crippen molar-refractivity contribution in [3.05, 3.63) is 117 Å². The molecule has 0 aliphatic carbocycles. The molecule has 0 N–H and O–H groups in total. The molecule has 2 atom stereocenters. The predicted molar refractivity (Wildman–Crippen MR) is 128 cm³/mol. The van der Waals surface area contributed by atoms with Gasteiger partial charge in [-0.25, -0.2) is 5.01 Å². The maximum atomic E-state index is 11.5. The van der Waals surface area contributed by atoms with Gasteiger partial charge in [-0.05, 0) is 34.5 Å². The molecule has 0 saturated carbocycles. The first kappa shape index (κ1) is 19.8. The number of hydrogen-bond acceptors (Lipinski definition) is 5. The number of benzene rings is 4. The Morgan fingerprint density at radius 1 is 0.970 bits per heavy atom. The van der Waals surface area contributed by atoms with Gasteiger partial charge in [0.05, 0.1) is 16.7 Å². The summed E-state index contributed by atoms with van der Waals surface area (Å²) in [5.41, 5.74) is 3.55. The van der Waals surface area contributed by atoms with E-state index in [9.17, 15) is 10.1 Å². The van der Waals surface area contributed by atoms with Gasteiger partial charge in [-0.2, -0.15) is 5.10 Å². The van der Waals surface area contributed by atoms with Crippen molar-refractivity contribution >= 4 is 33.8 Å². The average molecular weight is 456 g/mol. The van der Waals surface area contributed by atoms with E-state index in [1.165, 1.54) is 17.5 Å². The third-order valence-corrected chi connectivity index (χ3v) is 6.55. The molecule has 6 rings (SSSR count). The van der Waals surface area contributed by atoms with Crippen molar-refractivity contribution in [1.29, 1.82) is 0 Å². The molecule has 0 fully saturated rings. The van der Waals surface area contributed by atoms with Gasteiger partial charge in [0.1, 0.15) is 10.8 Å². The van der Waals surface area contributed by atoms with Gasteiger partial charge >= 0.3 is 0 Å². The molecule has 2 aliphatic rings. The lowest BCUT2D eigenvalue weighted by Gasteiger charge is -2.38. The lowest BCUT2D eigenvalue weighted by atomic mass is 9.95. The van der Waals surface area contributed by atoms with E-state index in [2.05, 4.69) is 30.3 Å². The first-order chi connectivity index (χ1) is 16.1. The third-order valence-electron chi connectivity index (χ3n) is 6.23. The van der Waals surface area contributed by atoms with Gasteiger partial charge in [-0.1, -0.05) is 72.3 Å². The maximum absolute atomic E-state index is 11.5. The average Bonchev–Trinajstić information content (AvgIpc) is 3.29. The van der Waals surface area contributed by atoms with E-state index >= 15 is 0 Å². The molecule has 0 amide bonds. The highest BCUT2D eigenvalue weighted by molar-refractivity contribution is 6.32. The zero-order valence-corrected chi connectivity index (χ0v) is 18.1. The van der Waals surface area contributed by atoms with Crippen molar-refractivity contribution < 1.29 is 9.66 Å². The van der Waals surface area contributed by atoms with Crippen LogP contribution >= 0.6 is 11.6 Å². The van der Waals surface area contributed by atoms with Crippen LogP contribution in [-0.4, -0.2) is 15.6 Å². The van der Waals surface area contributed by atoms with E-state index in [4.69, 9.17) is 21.4 Å². The predicted octanol–water partition coefficient (Wildman–Crippen LogP) is 6.64. The summed E-state index contributed by atoms with van der Waals surface area (Å²) in [6, 6.07) is 27.2. The molecule has 0 saturated heterocycles. The van der Waals surface area contributed by atoms with Crippen molar-refractivity contribution in [3.8, 4) is 5.75 Å². The molecule has 4 aromatic carbocycles. The Kier molecular flexibility index (Phi) is 4.55. The van der Waals surface area contributed by atoms with Gasteiger partial charge in [0.15, 0.2) is 0 Å². The lowest BCUT2D eigenvalue weighted by Crippen LogP contribution is -2.33. The van der Waals surface area contributed by atoms with Crippen LogP contribution in [0.1, 0.15) is 35.4 Å². The second-order valence-electron chi connectivity index (χ2n) is 8.18. The fraction of sp³-hybridized carbons (Fsp3) is 0.115. The number of hydrazone groups is 1. The summed E-state index contributed by atoms with van der Waals surface area (Å²) in [6.07, 6.45) is 0.115. The monoisotopic (exact) mass is 455 g/mol. The molecular weight excluding hydrogens is 438 g/mol. The molecule has 33 heavy (non-hydrogen) atoms. The number of ether oxygens (including phenoxy) is 1. The van der Waals surface area contributed by atoms with Crippen LogP contribution in [0.3, 0.4) is 0 Å². The molecule has 0 radical (unpaired) electrons. The summed E-state index contributed by atoms with van der Waals surface area (Å²) in [6.45, 7) is 0. The quantitative estimate of drug-likeness (QED) is 0.256. The van der Waals surface area contributed by atoms with E-state index in [1.807, 2.05) is 41.4 Å². The first-order valence-corrected chi connectivity index (χ1v) is 11.0. The molecule has 2 aliphatic heterocycles. The summed E-state index contributed by atoms with van der Waals surface area (Å²) in [5, 5.41) is 20.8. The molecule has 0 unspecified atom stereocenters. The van der Waals surface area contributed by atoms with Gasteiger partial charge in [-0.15, -0.1) is 0 Å². The van der Waals surface area contributed by atoms with Gasteiger partial charge < -0.3 is 4.74 Å². The summed E-state index contributed by atoms with van der Waals surface area (Å²) in [7, 11) is 0. The lowest BCUT2D eigenvalue weighted by molar-refractivity contribution is -0.384. The van der Waals surface area contributed by atoms with Crippen LogP contribution in [0.2, 0.25) is 5.02 Å². The zero-order valence-electron chi connectivity index (χ0n) is 17.4. The fourth-order valence-corrected chi connectivity index (χ4v) is 4.81. The highest BCUT2D eigenvalue weighted by atomic mass is 35.5. The minimum Gasteiger partial charge on any atom is -0.464 e. The molecule has 2 heterocycles. The summed E-state index contributed by atoms with van der Waals surface area (Å²) in [4.78, 5) is 11.0. The Morgan fingerprint density at radius 2 is 1.76 bits per heavy atom. The molecule has 4 aromatic rings. The van der Waals surface area contributed by atoms with Crippen molar-refractivity contribution in [2.24, 2.45) is 5.10 Å². The molecule has 0 aromatic heterocycles. The van der Waals surface area contributed by atoms with Crippen molar-refractivity contribution in [3.63, 3.8) is 0 Å². The van der Waals surface area contributed by atoms with Crippen molar-refractivity contribution in [1.82, 2.24) is 5.01 Å². The van der Waals surface area contributed by atoms with Crippen LogP contribution in [0.5, 0.6) is 5.75 Å². The fourth-order valence-electron chi connectivity index (χ4n) is 4.62. The van der Waals surface area contributed by atoms with Crippen molar-refractivity contribution in [2.45, 2.75) is 18.7 Å². The minimum absolute atomic E-state index is 0.0313. The number of rotatable bonds is 3. The van der Waals surface area contributed by atoms with E-state index < -0.39 is 11.2 Å². The molecule has 7 heteroatoms. The number of halogens is 1. The number of nitrogens with zero attached hydrogens (tertiary/aromatic N) is 3. The SMILES string of the molecule is O=[N+]([O-])c1cc([C@@H]2Oc3ccccc3[C@@H]3CC(c4ccc5ccccc5c4)=NN32)ccc1Cl. The van der Waals surface area contributed by atoms with Crippen LogP contribution in [0, 0.1) is 10.1 Å². The molecular formula is C26H18ClN3O3. The molecule has 6 nitrogen and oxygen atoms in total. The smallest absolute Gasteiger partial charge is 0.288 e. The van der Waals surface area contributed by atoms with Gasteiger partial charge in [-0.3, -0.25) is 10.1 Å². The standard InChI is InChI=1S/C26H18ClN3O3/c27-21-12-11-19(14-24(21)30(31)32)26-29-23(20-7-3-4-8-25(20)33-26)15-22(28-29)18-10-9-16-5-1-2-6-17(16)13-18/h1-14,23,26H,15H2/t23-,26-/m0/s1. The van der Waals surface area contributed by atoms with Crippen molar-refractivity contribution in [2.75, 3.05) is 0 Å². The van der Waals surface area contributed by atoms with E-state index in [0.29, 0.717) is 12.0 Å². The summed E-state index contributed by atoms with van der Waals surface area (Å²) in [5.74, 6) is 0.760. The van der Waals surface area contributed by atoms with Crippen LogP contribution in [0.25, 0.3) is 10.8 Å². The normalized spacial score (nSPS) is 18.9. The largest absolute Gasteiger partial charge is 0.464 e. The Bertz CT molecular complexity index is 1450. The van der Waals surface area contributed by atoms with Crippen LogP contribution in [-0.2, 0) is 0 Å². The first-order valence-electron chi connectivity index (χ1n) is 10.6. The zero-order chi connectivity index (χ0) is 22.5. The second-order valence-corrected chi connectivity index (χ2v) is 8.59. The molecule has 162 valence electrons. The van der Waals surface area contributed by atoms with Gasteiger partial charge in [0.25, 0.3) is 5.69 Å². The number of nitro benzene ring substituents is 1. The Balaban J connectivity index is 1.45.